The van der Waals surface area contributed by atoms with Crippen LogP contribution in [0.25, 0.3) is 0 Å². The Labute approximate surface area is 116 Å². The summed E-state index contributed by atoms with van der Waals surface area (Å²) in [5, 5.41) is 3.45. The Bertz CT molecular complexity index is 418. The number of hydrogen-bond acceptors (Lipinski definition) is 4. The highest BCUT2D eigenvalue weighted by atomic mass is 16.5. The van der Waals surface area contributed by atoms with Crippen LogP contribution < -0.4 is 5.32 Å². The number of aromatic nitrogens is 2. The van der Waals surface area contributed by atoms with Crippen LogP contribution in [0.4, 0.5) is 5.82 Å². The molecule has 0 radical (unpaired) electrons. The van der Waals surface area contributed by atoms with Crippen molar-refractivity contribution in [3.63, 3.8) is 0 Å². The maximum absolute atomic E-state index is 5.71. The van der Waals surface area contributed by atoms with Crippen LogP contribution >= 0.6 is 0 Å². The van der Waals surface area contributed by atoms with E-state index in [2.05, 4.69) is 29.1 Å². The normalized spacial score (nSPS) is 15.7. The SMILES string of the molecule is CCOC(C)(C)CNc1ncnc2c1CCCCC2. The van der Waals surface area contributed by atoms with Crippen LogP contribution in [-0.4, -0.2) is 28.7 Å². The molecule has 0 aliphatic heterocycles. The van der Waals surface area contributed by atoms with Gasteiger partial charge in [0.25, 0.3) is 0 Å². The molecule has 0 fully saturated rings. The van der Waals surface area contributed by atoms with E-state index < -0.39 is 0 Å². The number of anilines is 1. The zero-order valence-electron chi connectivity index (χ0n) is 12.3. The molecule has 4 heteroatoms. The van der Waals surface area contributed by atoms with Gasteiger partial charge in [-0.3, -0.25) is 0 Å². The maximum Gasteiger partial charge on any atom is 0.132 e. The number of aryl methyl sites for hydroxylation is 1. The standard InChI is InChI=1S/C15H25N3O/c1-4-19-15(2,3)10-16-14-12-8-6-5-7-9-13(12)17-11-18-14/h11H,4-10H2,1-3H3,(H,16,17,18). The fraction of sp³-hybridized carbons (Fsp3) is 0.733. The van der Waals surface area contributed by atoms with Gasteiger partial charge in [0.1, 0.15) is 12.1 Å². The molecule has 1 aromatic heterocycles. The quantitative estimate of drug-likeness (QED) is 0.830. The van der Waals surface area contributed by atoms with Gasteiger partial charge in [0.2, 0.25) is 0 Å². The van der Waals surface area contributed by atoms with Crippen molar-refractivity contribution in [1.82, 2.24) is 9.97 Å². The van der Waals surface area contributed by atoms with E-state index in [0.717, 1.165) is 31.8 Å². The van der Waals surface area contributed by atoms with Crippen LogP contribution in [0.3, 0.4) is 0 Å². The minimum absolute atomic E-state index is 0.169. The van der Waals surface area contributed by atoms with E-state index in [1.54, 1.807) is 6.33 Å². The Morgan fingerprint density at radius 1 is 1.21 bits per heavy atom. The first-order valence-corrected chi connectivity index (χ1v) is 7.33. The molecule has 4 nitrogen and oxygen atoms in total. The molecule has 0 atom stereocenters. The second-order valence-corrected chi connectivity index (χ2v) is 5.75. The van der Waals surface area contributed by atoms with Crippen LogP contribution in [0, 0.1) is 0 Å². The van der Waals surface area contributed by atoms with E-state index in [0.29, 0.717) is 0 Å². The number of ether oxygens (including phenoxy) is 1. The second kappa shape index (κ2) is 6.33. The molecule has 0 aromatic carbocycles. The fourth-order valence-corrected chi connectivity index (χ4v) is 2.59. The molecule has 0 spiro atoms. The minimum Gasteiger partial charge on any atom is -0.374 e. The first-order chi connectivity index (χ1) is 9.12. The third kappa shape index (κ3) is 3.90. The summed E-state index contributed by atoms with van der Waals surface area (Å²) in [6, 6.07) is 0. The molecule has 19 heavy (non-hydrogen) atoms. The summed E-state index contributed by atoms with van der Waals surface area (Å²) in [4.78, 5) is 8.86. The van der Waals surface area contributed by atoms with Crippen molar-refractivity contribution in [3.05, 3.63) is 17.6 Å². The monoisotopic (exact) mass is 263 g/mol. The van der Waals surface area contributed by atoms with Crippen LogP contribution in [0.1, 0.15) is 51.3 Å². The van der Waals surface area contributed by atoms with Crippen molar-refractivity contribution >= 4 is 5.82 Å². The van der Waals surface area contributed by atoms with Gasteiger partial charge in [-0.1, -0.05) is 6.42 Å². The third-order valence-corrected chi connectivity index (χ3v) is 3.59. The summed E-state index contributed by atoms with van der Waals surface area (Å²) in [5.74, 6) is 1.000. The molecule has 106 valence electrons. The molecule has 0 unspecified atom stereocenters. The lowest BCUT2D eigenvalue weighted by Gasteiger charge is -2.26. The van der Waals surface area contributed by atoms with Crippen molar-refractivity contribution in [2.24, 2.45) is 0 Å². The summed E-state index contributed by atoms with van der Waals surface area (Å²) >= 11 is 0. The molecule has 1 aliphatic rings. The van der Waals surface area contributed by atoms with Gasteiger partial charge < -0.3 is 10.1 Å². The zero-order chi connectivity index (χ0) is 13.7. The van der Waals surface area contributed by atoms with Crippen molar-refractivity contribution in [3.8, 4) is 0 Å². The predicted molar refractivity (Wildman–Crippen MR) is 77.5 cm³/mol. The molecule has 2 rings (SSSR count). The fourth-order valence-electron chi connectivity index (χ4n) is 2.59. The molecular formula is C15H25N3O. The lowest BCUT2D eigenvalue weighted by Crippen LogP contribution is -2.34. The first-order valence-electron chi connectivity index (χ1n) is 7.33. The summed E-state index contributed by atoms with van der Waals surface area (Å²) in [6.07, 6.45) is 7.63. The highest BCUT2D eigenvalue weighted by molar-refractivity contribution is 5.46. The minimum atomic E-state index is -0.169. The molecule has 1 heterocycles. The Balaban J connectivity index is 2.08. The number of fused-ring (bicyclic) bond motifs is 1. The third-order valence-electron chi connectivity index (χ3n) is 3.59. The number of rotatable bonds is 5. The highest BCUT2D eigenvalue weighted by Crippen LogP contribution is 2.24. The van der Waals surface area contributed by atoms with Gasteiger partial charge in [-0.05, 0) is 46.5 Å². The van der Waals surface area contributed by atoms with Crippen LogP contribution in [0.15, 0.2) is 6.33 Å². The lowest BCUT2D eigenvalue weighted by atomic mass is 10.1. The first kappa shape index (κ1) is 14.3. The van der Waals surface area contributed by atoms with Crippen LogP contribution in [-0.2, 0) is 17.6 Å². The van der Waals surface area contributed by atoms with Crippen LogP contribution in [0.5, 0.6) is 0 Å². The van der Waals surface area contributed by atoms with E-state index in [1.807, 2.05) is 6.92 Å². The Kier molecular flexibility index (Phi) is 4.75. The van der Waals surface area contributed by atoms with Gasteiger partial charge in [-0.15, -0.1) is 0 Å². The largest absolute Gasteiger partial charge is 0.374 e. The summed E-state index contributed by atoms with van der Waals surface area (Å²) in [6.45, 7) is 7.73. The molecule has 0 saturated heterocycles. The molecule has 1 N–H and O–H groups in total. The number of nitrogens with one attached hydrogen (secondary N) is 1. The Hall–Kier alpha value is -1.16. The molecule has 1 aromatic rings. The Morgan fingerprint density at radius 2 is 2.00 bits per heavy atom. The summed E-state index contributed by atoms with van der Waals surface area (Å²) < 4.78 is 5.71. The van der Waals surface area contributed by atoms with Gasteiger partial charge in [0, 0.05) is 24.4 Å². The van der Waals surface area contributed by atoms with E-state index in [9.17, 15) is 0 Å². The van der Waals surface area contributed by atoms with Gasteiger partial charge in [-0.2, -0.15) is 0 Å². The zero-order valence-corrected chi connectivity index (χ0v) is 12.3. The van der Waals surface area contributed by atoms with Crippen molar-refractivity contribution < 1.29 is 4.74 Å². The van der Waals surface area contributed by atoms with Gasteiger partial charge in [-0.25, -0.2) is 9.97 Å². The van der Waals surface area contributed by atoms with Gasteiger partial charge >= 0.3 is 0 Å². The van der Waals surface area contributed by atoms with E-state index in [-0.39, 0.29) is 5.60 Å². The van der Waals surface area contributed by atoms with Gasteiger partial charge in [0.15, 0.2) is 0 Å². The topological polar surface area (TPSA) is 47.0 Å². The predicted octanol–water partition coefficient (Wildman–Crippen LogP) is 2.97. The average Bonchev–Trinajstić information content (AvgIpc) is 2.61. The van der Waals surface area contributed by atoms with Crippen LogP contribution in [0.2, 0.25) is 0 Å². The van der Waals surface area contributed by atoms with E-state index in [1.165, 1.54) is 30.5 Å². The molecule has 0 bridgehead atoms. The van der Waals surface area contributed by atoms with Crippen molar-refractivity contribution in [1.29, 1.82) is 0 Å². The highest BCUT2D eigenvalue weighted by Gasteiger charge is 2.20. The lowest BCUT2D eigenvalue weighted by molar-refractivity contribution is 0.000629. The molecule has 1 aliphatic carbocycles. The maximum atomic E-state index is 5.71. The molecule has 0 amide bonds. The summed E-state index contributed by atoms with van der Waals surface area (Å²) in [5.41, 5.74) is 2.37. The van der Waals surface area contributed by atoms with Crippen molar-refractivity contribution in [2.45, 2.75) is 58.5 Å². The Morgan fingerprint density at radius 3 is 2.79 bits per heavy atom. The second-order valence-electron chi connectivity index (χ2n) is 5.75. The van der Waals surface area contributed by atoms with E-state index in [4.69, 9.17) is 4.74 Å². The smallest absolute Gasteiger partial charge is 0.132 e. The number of hydrogen-bond donors (Lipinski definition) is 1. The number of nitrogens with zero attached hydrogens (tertiary/aromatic N) is 2. The molecule has 0 saturated carbocycles. The molecular weight excluding hydrogens is 238 g/mol. The van der Waals surface area contributed by atoms with Crippen molar-refractivity contribution in [2.75, 3.05) is 18.5 Å². The van der Waals surface area contributed by atoms with Gasteiger partial charge in [0.05, 0.1) is 5.60 Å². The average molecular weight is 263 g/mol. The van der Waals surface area contributed by atoms with E-state index >= 15 is 0 Å². The summed E-state index contributed by atoms with van der Waals surface area (Å²) in [7, 11) is 0.